The van der Waals surface area contributed by atoms with E-state index in [0.717, 1.165) is 24.5 Å². The molecule has 0 atom stereocenters. The number of ether oxygens (including phenoxy) is 3. The van der Waals surface area contributed by atoms with Crippen LogP contribution in [0.5, 0.6) is 17.2 Å². The van der Waals surface area contributed by atoms with Gasteiger partial charge in [-0.05, 0) is 55.0 Å². The smallest absolute Gasteiger partial charge is 0.263 e. The lowest BCUT2D eigenvalue weighted by molar-refractivity contribution is -0.115. The summed E-state index contributed by atoms with van der Waals surface area (Å²) in [6.07, 6.45) is 6.46. The number of carbonyl (C=O) groups is 1. The van der Waals surface area contributed by atoms with E-state index in [4.69, 9.17) is 38.0 Å². The van der Waals surface area contributed by atoms with Gasteiger partial charge >= 0.3 is 0 Å². The van der Waals surface area contributed by atoms with E-state index in [2.05, 4.69) is 12.2 Å². The SMILES string of the molecule is CCCCCCOc1ccc(OCCOc2ccc(Cl)cc2C=C2SC(=S)NC2=O)cc1. The first-order valence-corrected chi connectivity index (χ1v) is 12.2. The summed E-state index contributed by atoms with van der Waals surface area (Å²) in [5.41, 5.74) is 0.709. The predicted octanol–water partition coefficient (Wildman–Crippen LogP) is 6.25. The largest absolute Gasteiger partial charge is 0.494 e. The molecule has 1 heterocycles. The molecule has 1 N–H and O–H groups in total. The Bertz CT molecular complexity index is 963. The Balaban J connectivity index is 1.47. The van der Waals surface area contributed by atoms with Crippen LogP contribution in [0.1, 0.15) is 38.2 Å². The van der Waals surface area contributed by atoms with E-state index in [-0.39, 0.29) is 5.91 Å². The van der Waals surface area contributed by atoms with E-state index < -0.39 is 0 Å². The van der Waals surface area contributed by atoms with Crippen LogP contribution in [0.3, 0.4) is 0 Å². The van der Waals surface area contributed by atoms with Crippen LogP contribution in [0, 0.1) is 0 Å². The number of nitrogens with one attached hydrogen (secondary N) is 1. The summed E-state index contributed by atoms with van der Waals surface area (Å²) in [5, 5.41) is 3.15. The van der Waals surface area contributed by atoms with Crippen molar-refractivity contribution in [2.45, 2.75) is 32.6 Å². The van der Waals surface area contributed by atoms with Gasteiger partial charge < -0.3 is 19.5 Å². The molecule has 2 aromatic carbocycles. The van der Waals surface area contributed by atoms with Gasteiger partial charge in [0.15, 0.2) is 0 Å². The highest BCUT2D eigenvalue weighted by molar-refractivity contribution is 8.26. The minimum Gasteiger partial charge on any atom is -0.494 e. The number of rotatable bonds is 12. The van der Waals surface area contributed by atoms with E-state index in [0.29, 0.717) is 38.8 Å². The van der Waals surface area contributed by atoms with Crippen LogP contribution in [0.25, 0.3) is 6.08 Å². The van der Waals surface area contributed by atoms with Crippen molar-refractivity contribution in [2.75, 3.05) is 19.8 Å². The summed E-state index contributed by atoms with van der Waals surface area (Å²) in [4.78, 5) is 12.4. The first-order valence-electron chi connectivity index (χ1n) is 10.6. The molecule has 170 valence electrons. The van der Waals surface area contributed by atoms with Gasteiger partial charge in [-0.3, -0.25) is 4.79 Å². The molecule has 5 nitrogen and oxygen atoms in total. The Morgan fingerprint density at radius 1 is 0.969 bits per heavy atom. The molecule has 8 heteroatoms. The molecule has 2 aromatic rings. The molecule has 3 rings (SSSR count). The van der Waals surface area contributed by atoms with Crippen molar-refractivity contribution in [3.8, 4) is 17.2 Å². The number of hydrogen-bond acceptors (Lipinski definition) is 6. The zero-order valence-electron chi connectivity index (χ0n) is 17.9. The molecule has 0 aliphatic carbocycles. The summed E-state index contributed by atoms with van der Waals surface area (Å²) in [6.45, 7) is 3.64. The van der Waals surface area contributed by atoms with Crippen molar-refractivity contribution < 1.29 is 19.0 Å². The Kier molecular flexibility index (Phi) is 9.71. The zero-order chi connectivity index (χ0) is 22.8. The zero-order valence-corrected chi connectivity index (χ0v) is 20.3. The number of thiocarbonyl (C=S) groups is 1. The fraction of sp³-hybridized carbons (Fsp3) is 0.333. The van der Waals surface area contributed by atoms with Gasteiger partial charge in [-0.1, -0.05) is 61.8 Å². The normalized spacial score (nSPS) is 14.5. The van der Waals surface area contributed by atoms with Crippen LogP contribution in [0.4, 0.5) is 0 Å². The van der Waals surface area contributed by atoms with Gasteiger partial charge in [-0.25, -0.2) is 0 Å². The molecule has 1 amide bonds. The maximum Gasteiger partial charge on any atom is 0.263 e. The Labute approximate surface area is 203 Å². The average molecular weight is 492 g/mol. The van der Waals surface area contributed by atoms with Crippen molar-refractivity contribution >= 4 is 51.9 Å². The van der Waals surface area contributed by atoms with Crippen LogP contribution in [0.2, 0.25) is 5.02 Å². The fourth-order valence-corrected chi connectivity index (χ4v) is 4.20. The number of halogens is 1. The van der Waals surface area contributed by atoms with Gasteiger partial charge in [0.25, 0.3) is 5.91 Å². The van der Waals surface area contributed by atoms with Crippen LogP contribution >= 0.6 is 35.6 Å². The summed E-state index contributed by atoms with van der Waals surface area (Å²) in [7, 11) is 0. The second-order valence-electron chi connectivity index (χ2n) is 7.11. The van der Waals surface area contributed by atoms with Crippen molar-refractivity contribution in [2.24, 2.45) is 0 Å². The highest BCUT2D eigenvalue weighted by Crippen LogP contribution is 2.31. The summed E-state index contributed by atoms with van der Waals surface area (Å²) >= 11 is 12.4. The van der Waals surface area contributed by atoms with E-state index in [9.17, 15) is 4.79 Å². The molecule has 1 fully saturated rings. The maximum atomic E-state index is 11.9. The molecule has 0 aromatic heterocycles. The lowest BCUT2D eigenvalue weighted by atomic mass is 10.2. The van der Waals surface area contributed by atoms with Crippen molar-refractivity contribution in [3.63, 3.8) is 0 Å². The third kappa shape index (κ3) is 7.73. The van der Waals surface area contributed by atoms with Gasteiger partial charge in [0.2, 0.25) is 0 Å². The highest BCUT2D eigenvalue weighted by Gasteiger charge is 2.22. The van der Waals surface area contributed by atoms with Crippen molar-refractivity contribution in [1.82, 2.24) is 5.32 Å². The lowest BCUT2D eigenvalue weighted by Gasteiger charge is -2.12. The third-order valence-corrected chi connectivity index (χ3v) is 6.00. The minimum atomic E-state index is -0.220. The standard InChI is InChI=1S/C24H26ClNO4S2/c1-2-3-4-5-12-28-19-7-9-20(10-8-19)29-13-14-30-21-11-6-18(25)15-17(21)16-22-23(27)26-24(31)32-22/h6-11,15-16H,2-5,12-14H2,1H3,(H,26,27,31). The summed E-state index contributed by atoms with van der Waals surface area (Å²) in [5.74, 6) is 1.99. The van der Waals surface area contributed by atoms with E-state index >= 15 is 0 Å². The number of benzene rings is 2. The van der Waals surface area contributed by atoms with Gasteiger partial charge in [0.05, 0.1) is 11.5 Å². The van der Waals surface area contributed by atoms with Crippen molar-refractivity contribution in [1.29, 1.82) is 0 Å². The first kappa shape index (κ1) is 24.4. The molecular formula is C24H26ClNO4S2. The van der Waals surface area contributed by atoms with Crippen molar-refractivity contribution in [3.05, 3.63) is 58.0 Å². The molecule has 0 bridgehead atoms. The van der Waals surface area contributed by atoms with Gasteiger partial charge in [0.1, 0.15) is 34.8 Å². The molecular weight excluding hydrogens is 466 g/mol. The second-order valence-corrected chi connectivity index (χ2v) is 9.27. The van der Waals surface area contributed by atoms with Gasteiger partial charge in [0, 0.05) is 10.6 Å². The third-order valence-electron chi connectivity index (χ3n) is 4.60. The molecule has 32 heavy (non-hydrogen) atoms. The number of carbonyl (C=O) groups excluding carboxylic acids is 1. The molecule has 1 aliphatic rings. The first-order chi connectivity index (χ1) is 15.5. The van der Waals surface area contributed by atoms with E-state index in [1.807, 2.05) is 24.3 Å². The highest BCUT2D eigenvalue weighted by atomic mass is 35.5. The number of unbranched alkanes of at least 4 members (excludes halogenated alkanes) is 3. The minimum absolute atomic E-state index is 0.220. The van der Waals surface area contributed by atoms with E-state index in [1.54, 1.807) is 24.3 Å². The topological polar surface area (TPSA) is 56.8 Å². The van der Waals surface area contributed by atoms with Crippen LogP contribution in [-0.2, 0) is 4.79 Å². The Morgan fingerprint density at radius 3 is 2.31 bits per heavy atom. The van der Waals surface area contributed by atoms with Crippen LogP contribution < -0.4 is 19.5 Å². The van der Waals surface area contributed by atoms with Gasteiger partial charge in [-0.2, -0.15) is 0 Å². The quantitative estimate of drug-likeness (QED) is 0.215. The van der Waals surface area contributed by atoms with Crippen LogP contribution in [0.15, 0.2) is 47.4 Å². The summed E-state index contributed by atoms with van der Waals surface area (Å²) < 4.78 is 17.8. The van der Waals surface area contributed by atoms with Gasteiger partial charge in [-0.15, -0.1) is 0 Å². The lowest BCUT2D eigenvalue weighted by Crippen LogP contribution is -2.17. The molecule has 0 spiro atoms. The Hall–Kier alpha value is -2.22. The van der Waals surface area contributed by atoms with Crippen LogP contribution in [-0.4, -0.2) is 30.0 Å². The number of hydrogen-bond donors (Lipinski definition) is 1. The number of amides is 1. The molecule has 1 saturated heterocycles. The monoisotopic (exact) mass is 491 g/mol. The Morgan fingerprint density at radius 2 is 1.66 bits per heavy atom. The molecule has 0 radical (unpaired) electrons. The second kappa shape index (κ2) is 12.7. The average Bonchev–Trinajstić information content (AvgIpc) is 3.10. The molecule has 0 saturated carbocycles. The number of thioether (sulfide) groups is 1. The molecule has 1 aliphatic heterocycles. The maximum absolute atomic E-state index is 11.9. The summed E-state index contributed by atoms with van der Waals surface area (Å²) in [6, 6.07) is 12.9. The molecule has 0 unspecified atom stereocenters. The van der Waals surface area contributed by atoms with E-state index in [1.165, 1.54) is 31.0 Å². The fourth-order valence-electron chi connectivity index (χ4n) is 2.99. The predicted molar refractivity (Wildman–Crippen MR) is 135 cm³/mol.